The molecule has 102 valence electrons. The van der Waals surface area contributed by atoms with E-state index in [-0.39, 0.29) is 11.3 Å². The molecule has 0 bridgehead atoms. The van der Waals surface area contributed by atoms with Gasteiger partial charge in [0.1, 0.15) is 0 Å². The van der Waals surface area contributed by atoms with Crippen LogP contribution in [0.1, 0.15) is 27.7 Å². The minimum Gasteiger partial charge on any atom is -0.316 e. The smallest absolute Gasteiger partial charge is 0.218 e. The molecule has 0 amide bonds. The molecular weight excluding hydrogens is 256 g/mol. The van der Waals surface area contributed by atoms with E-state index in [2.05, 4.69) is 12.2 Å². The molecule has 4 nitrogen and oxygen atoms in total. The van der Waals surface area contributed by atoms with Crippen molar-refractivity contribution in [1.82, 2.24) is 9.62 Å². The zero-order chi connectivity index (χ0) is 13.1. The summed E-state index contributed by atoms with van der Waals surface area (Å²) >= 11 is 1.85. The molecule has 0 saturated carbocycles. The van der Waals surface area contributed by atoms with E-state index in [4.69, 9.17) is 0 Å². The zero-order valence-electron chi connectivity index (χ0n) is 11.1. The topological polar surface area (TPSA) is 49.4 Å². The lowest BCUT2D eigenvalue weighted by Crippen LogP contribution is -2.52. The molecule has 1 fully saturated rings. The fraction of sp³-hybridized carbons (Fsp3) is 1.00. The van der Waals surface area contributed by atoms with Crippen LogP contribution < -0.4 is 5.32 Å². The van der Waals surface area contributed by atoms with Gasteiger partial charge in [0.25, 0.3) is 0 Å². The van der Waals surface area contributed by atoms with Crippen molar-refractivity contribution in [3.05, 3.63) is 0 Å². The highest BCUT2D eigenvalue weighted by atomic mass is 32.2. The molecule has 1 rings (SSSR count). The van der Waals surface area contributed by atoms with Crippen molar-refractivity contribution in [3.8, 4) is 0 Å². The molecule has 3 atom stereocenters. The average Bonchev–Trinajstić information content (AvgIpc) is 2.29. The standard InChI is InChI=1S/C11H24N2O2S2/c1-5-12-8-9(2)17(14,15)13-6-7-16-11(4)10(13)3/h9-12H,5-8H2,1-4H3. The van der Waals surface area contributed by atoms with Crippen LogP contribution >= 0.6 is 11.8 Å². The molecular formula is C11H24N2O2S2. The highest BCUT2D eigenvalue weighted by molar-refractivity contribution is 8.00. The van der Waals surface area contributed by atoms with E-state index in [1.807, 2.05) is 25.6 Å². The van der Waals surface area contributed by atoms with Gasteiger partial charge in [-0.05, 0) is 20.4 Å². The predicted molar refractivity (Wildman–Crippen MR) is 75.0 cm³/mol. The Morgan fingerprint density at radius 3 is 2.71 bits per heavy atom. The quantitative estimate of drug-likeness (QED) is 0.820. The van der Waals surface area contributed by atoms with Crippen molar-refractivity contribution >= 4 is 21.8 Å². The molecule has 1 aliphatic heterocycles. The van der Waals surface area contributed by atoms with Gasteiger partial charge in [0.2, 0.25) is 10.0 Å². The van der Waals surface area contributed by atoms with Crippen LogP contribution in [0.3, 0.4) is 0 Å². The largest absolute Gasteiger partial charge is 0.316 e. The molecule has 1 N–H and O–H groups in total. The number of sulfonamides is 1. The van der Waals surface area contributed by atoms with E-state index >= 15 is 0 Å². The second kappa shape index (κ2) is 6.41. The van der Waals surface area contributed by atoms with Crippen LogP contribution in [0.2, 0.25) is 0 Å². The van der Waals surface area contributed by atoms with Crippen LogP contribution in [0.5, 0.6) is 0 Å². The maximum absolute atomic E-state index is 12.4. The molecule has 0 aromatic carbocycles. The van der Waals surface area contributed by atoms with E-state index in [1.54, 1.807) is 11.2 Å². The molecule has 1 heterocycles. The number of hydrogen-bond acceptors (Lipinski definition) is 4. The van der Waals surface area contributed by atoms with E-state index < -0.39 is 10.0 Å². The van der Waals surface area contributed by atoms with Crippen LogP contribution in [0.4, 0.5) is 0 Å². The van der Waals surface area contributed by atoms with Crippen molar-refractivity contribution in [2.24, 2.45) is 0 Å². The first kappa shape index (κ1) is 15.3. The minimum absolute atomic E-state index is 0.0998. The van der Waals surface area contributed by atoms with Gasteiger partial charge >= 0.3 is 0 Å². The lowest BCUT2D eigenvalue weighted by atomic mass is 10.2. The number of nitrogens with zero attached hydrogens (tertiary/aromatic N) is 1. The highest BCUT2D eigenvalue weighted by Crippen LogP contribution is 2.27. The lowest BCUT2D eigenvalue weighted by Gasteiger charge is -2.37. The third-order valence-electron chi connectivity index (χ3n) is 3.34. The molecule has 0 radical (unpaired) electrons. The Kier molecular flexibility index (Phi) is 5.76. The fourth-order valence-corrected chi connectivity index (χ4v) is 5.02. The maximum atomic E-state index is 12.4. The van der Waals surface area contributed by atoms with E-state index in [0.717, 1.165) is 12.3 Å². The molecule has 6 heteroatoms. The molecule has 0 spiro atoms. The third kappa shape index (κ3) is 3.59. The molecule has 0 aliphatic carbocycles. The van der Waals surface area contributed by atoms with E-state index in [9.17, 15) is 8.42 Å². The molecule has 1 saturated heterocycles. The van der Waals surface area contributed by atoms with Gasteiger partial charge in [0, 0.05) is 30.1 Å². The van der Waals surface area contributed by atoms with Crippen LogP contribution in [0.15, 0.2) is 0 Å². The molecule has 1 aliphatic rings. The zero-order valence-corrected chi connectivity index (χ0v) is 12.8. The molecule has 17 heavy (non-hydrogen) atoms. The number of nitrogens with one attached hydrogen (secondary N) is 1. The first-order valence-corrected chi connectivity index (χ1v) is 8.79. The van der Waals surface area contributed by atoms with Gasteiger partial charge in [-0.15, -0.1) is 0 Å². The minimum atomic E-state index is -3.16. The fourth-order valence-electron chi connectivity index (χ4n) is 1.95. The summed E-state index contributed by atoms with van der Waals surface area (Å²) in [5, 5.41) is 3.14. The summed E-state index contributed by atoms with van der Waals surface area (Å²) in [5.74, 6) is 0.901. The Morgan fingerprint density at radius 1 is 1.47 bits per heavy atom. The summed E-state index contributed by atoms with van der Waals surface area (Å²) in [6.45, 7) is 9.87. The van der Waals surface area contributed by atoms with Gasteiger partial charge in [-0.25, -0.2) is 8.42 Å². The van der Waals surface area contributed by atoms with Gasteiger partial charge < -0.3 is 5.32 Å². The Hall–Kier alpha value is 0.220. The number of thioether (sulfide) groups is 1. The van der Waals surface area contributed by atoms with E-state index in [1.165, 1.54) is 0 Å². The first-order valence-electron chi connectivity index (χ1n) is 6.24. The van der Waals surface area contributed by atoms with Gasteiger partial charge in [-0.2, -0.15) is 16.1 Å². The lowest BCUT2D eigenvalue weighted by molar-refractivity contribution is 0.335. The maximum Gasteiger partial charge on any atom is 0.218 e. The predicted octanol–water partition coefficient (Wildman–Crippen LogP) is 1.14. The van der Waals surface area contributed by atoms with Crippen LogP contribution in [-0.4, -0.2) is 54.7 Å². The van der Waals surface area contributed by atoms with Gasteiger partial charge in [-0.3, -0.25) is 0 Å². The Labute approximate surface area is 110 Å². The van der Waals surface area contributed by atoms with Crippen molar-refractivity contribution in [3.63, 3.8) is 0 Å². The molecule has 0 aromatic rings. The molecule has 0 aromatic heterocycles. The van der Waals surface area contributed by atoms with Crippen molar-refractivity contribution in [2.45, 2.75) is 44.2 Å². The van der Waals surface area contributed by atoms with Crippen LogP contribution in [0.25, 0.3) is 0 Å². The second-order valence-electron chi connectivity index (χ2n) is 4.59. The normalized spacial score (nSPS) is 29.2. The summed E-state index contributed by atoms with van der Waals surface area (Å²) in [6.07, 6.45) is 0. The Balaban J connectivity index is 2.74. The Morgan fingerprint density at radius 2 is 2.12 bits per heavy atom. The summed E-state index contributed by atoms with van der Waals surface area (Å²) in [4.78, 5) is 0. The van der Waals surface area contributed by atoms with E-state index in [0.29, 0.717) is 18.3 Å². The van der Waals surface area contributed by atoms with Crippen molar-refractivity contribution in [1.29, 1.82) is 0 Å². The summed E-state index contributed by atoms with van der Waals surface area (Å²) in [5.41, 5.74) is 0. The summed E-state index contributed by atoms with van der Waals surface area (Å²) in [7, 11) is -3.16. The summed E-state index contributed by atoms with van der Waals surface area (Å²) < 4.78 is 26.5. The van der Waals surface area contributed by atoms with Crippen LogP contribution in [-0.2, 0) is 10.0 Å². The highest BCUT2D eigenvalue weighted by Gasteiger charge is 2.36. The SMILES string of the molecule is CCNCC(C)S(=O)(=O)N1CCSC(C)C1C. The number of rotatable bonds is 5. The van der Waals surface area contributed by atoms with Gasteiger partial charge in [-0.1, -0.05) is 13.8 Å². The molecule has 3 unspecified atom stereocenters. The average molecular weight is 280 g/mol. The van der Waals surface area contributed by atoms with Crippen molar-refractivity contribution in [2.75, 3.05) is 25.4 Å². The number of hydrogen-bond donors (Lipinski definition) is 1. The summed E-state index contributed by atoms with van der Waals surface area (Å²) in [6, 6.07) is 0.0998. The van der Waals surface area contributed by atoms with Crippen molar-refractivity contribution < 1.29 is 8.42 Å². The first-order chi connectivity index (χ1) is 7.91. The monoisotopic (exact) mass is 280 g/mol. The van der Waals surface area contributed by atoms with Crippen LogP contribution in [0, 0.1) is 0 Å². The third-order valence-corrected chi connectivity index (χ3v) is 7.03. The second-order valence-corrected chi connectivity index (χ2v) is 8.38. The van der Waals surface area contributed by atoms with Gasteiger partial charge in [0.05, 0.1) is 5.25 Å². The van der Waals surface area contributed by atoms with Gasteiger partial charge in [0.15, 0.2) is 0 Å². The Bertz CT molecular complexity index is 332.